The molecule has 0 spiro atoms. The van der Waals surface area contributed by atoms with Crippen LogP contribution in [0.2, 0.25) is 0 Å². The molecular formula is C18H16. The minimum Gasteiger partial charge on any atom is -0.115 e. The van der Waals surface area contributed by atoms with Crippen molar-refractivity contribution in [3.05, 3.63) is 70.8 Å². The van der Waals surface area contributed by atoms with E-state index in [0.717, 1.165) is 18.4 Å². The fraction of sp³-hybridized carbons (Fsp3) is 0.222. The number of benzene rings is 2. The Hall–Kier alpha value is -2.00. The number of terminal acetylenes is 1. The second-order valence-corrected chi connectivity index (χ2v) is 4.98. The third kappa shape index (κ3) is 2.05. The van der Waals surface area contributed by atoms with Gasteiger partial charge in [-0.3, -0.25) is 0 Å². The molecule has 0 bridgehead atoms. The lowest BCUT2D eigenvalue weighted by atomic mass is 9.80. The molecule has 1 atom stereocenters. The molecule has 0 radical (unpaired) electrons. The first kappa shape index (κ1) is 11.1. The van der Waals surface area contributed by atoms with Gasteiger partial charge < -0.3 is 0 Å². The van der Waals surface area contributed by atoms with E-state index in [1.54, 1.807) is 0 Å². The van der Waals surface area contributed by atoms with Gasteiger partial charge in [-0.15, -0.1) is 6.42 Å². The molecule has 0 fully saturated rings. The lowest BCUT2D eigenvalue weighted by molar-refractivity contribution is 0.585. The summed E-state index contributed by atoms with van der Waals surface area (Å²) in [5.41, 5.74) is 5.38. The lowest BCUT2D eigenvalue weighted by Gasteiger charge is -2.25. The third-order valence-corrected chi connectivity index (χ3v) is 3.87. The average molecular weight is 232 g/mol. The first-order valence-electron chi connectivity index (χ1n) is 6.50. The topological polar surface area (TPSA) is 0 Å². The largest absolute Gasteiger partial charge is 0.115 e. The molecule has 0 amide bonds. The van der Waals surface area contributed by atoms with Crippen LogP contribution in [0, 0.1) is 12.3 Å². The summed E-state index contributed by atoms with van der Waals surface area (Å²) in [6, 6.07) is 17.3. The Bertz CT molecular complexity index is 587. The number of rotatable bonds is 1. The molecule has 0 saturated heterocycles. The molecule has 1 aliphatic carbocycles. The van der Waals surface area contributed by atoms with Crippen molar-refractivity contribution in [2.75, 3.05) is 0 Å². The predicted octanol–water partition coefficient (Wildman–Crippen LogP) is 3.94. The summed E-state index contributed by atoms with van der Waals surface area (Å²) in [5, 5.41) is 0. The molecule has 18 heavy (non-hydrogen) atoms. The van der Waals surface area contributed by atoms with Gasteiger partial charge >= 0.3 is 0 Å². The molecule has 0 heteroatoms. The Labute approximate surface area is 109 Å². The predicted molar refractivity (Wildman–Crippen MR) is 75.6 cm³/mol. The van der Waals surface area contributed by atoms with Gasteiger partial charge in [0, 0.05) is 5.56 Å². The van der Waals surface area contributed by atoms with Crippen LogP contribution in [-0.2, 0) is 12.8 Å². The van der Waals surface area contributed by atoms with E-state index in [2.05, 4.69) is 54.5 Å². The Kier molecular flexibility index (Phi) is 2.90. The Morgan fingerprint density at radius 2 is 1.83 bits per heavy atom. The summed E-state index contributed by atoms with van der Waals surface area (Å²) < 4.78 is 0. The first-order valence-corrected chi connectivity index (χ1v) is 6.50. The van der Waals surface area contributed by atoms with Gasteiger partial charge in [-0.25, -0.2) is 0 Å². The maximum absolute atomic E-state index is 5.45. The van der Waals surface area contributed by atoms with Crippen LogP contribution in [0.25, 0.3) is 0 Å². The molecule has 2 aromatic carbocycles. The smallest absolute Gasteiger partial charge is 0.0245 e. The van der Waals surface area contributed by atoms with Gasteiger partial charge in [-0.1, -0.05) is 42.3 Å². The fourth-order valence-electron chi connectivity index (χ4n) is 2.85. The fourth-order valence-corrected chi connectivity index (χ4v) is 2.85. The van der Waals surface area contributed by atoms with Gasteiger partial charge in [-0.2, -0.15) is 0 Å². The summed E-state index contributed by atoms with van der Waals surface area (Å²) in [7, 11) is 0. The molecule has 3 rings (SSSR count). The van der Waals surface area contributed by atoms with E-state index in [1.807, 2.05) is 0 Å². The molecule has 2 aromatic rings. The minimum atomic E-state index is 0.662. The van der Waals surface area contributed by atoms with E-state index in [1.165, 1.54) is 23.1 Å². The van der Waals surface area contributed by atoms with Gasteiger partial charge in [0.05, 0.1) is 0 Å². The summed E-state index contributed by atoms with van der Waals surface area (Å²) >= 11 is 0. The summed E-state index contributed by atoms with van der Waals surface area (Å²) in [5.74, 6) is 3.38. The van der Waals surface area contributed by atoms with Crippen molar-refractivity contribution in [2.45, 2.75) is 25.2 Å². The van der Waals surface area contributed by atoms with E-state index in [0.29, 0.717) is 5.92 Å². The normalized spacial score (nSPS) is 17.8. The molecule has 0 saturated carbocycles. The highest BCUT2D eigenvalue weighted by Crippen LogP contribution is 2.32. The monoisotopic (exact) mass is 232 g/mol. The van der Waals surface area contributed by atoms with Crippen molar-refractivity contribution >= 4 is 0 Å². The second-order valence-electron chi connectivity index (χ2n) is 4.98. The number of fused-ring (bicyclic) bond motifs is 1. The van der Waals surface area contributed by atoms with Crippen LogP contribution in [0.4, 0.5) is 0 Å². The maximum atomic E-state index is 5.45. The van der Waals surface area contributed by atoms with Crippen molar-refractivity contribution in [3.63, 3.8) is 0 Å². The highest BCUT2D eigenvalue weighted by molar-refractivity contribution is 5.42. The van der Waals surface area contributed by atoms with Crippen LogP contribution in [-0.4, -0.2) is 0 Å². The molecule has 0 aromatic heterocycles. The molecular weight excluding hydrogens is 216 g/mol. The lowest BCUT2D eigenvalue weighted by Crippen LogP contribution is -2.12. The van der Waals surface area contributed by atoms with Crippen molar-refractivity contribution in [1.82, 2.24) is 0 Å². The maximum Gasteiger partial charge on any atom is 0.0245 e. The molecule has 0 N–H and O–H groups in total. The zero-order valence-electron chi connectivity index (χ0n) is 10.4. The van der Waals surface area contributed by atoms with Crippen molar-refractivity contribution < 1.29 is 0 Å². The number of aryl methyl sites for hydroxylation is 1. The number of hydrogen-bond donors (Lipinski definition) is 0. The van der Waals surface area contributed by atoms with E-state index in [4.69, 9.17) is 6.42 Å². The van der Waals surface area contributed by atoms with Crippen molar-refractivity contribution in [3.8, 4) is 12.3 Å². The van der Waals surface area contributed by atoms with Gasteiger partial charge in [0.2, 0.25) is 0 Å². The van der Waals surface area contributed by atoms with E-state index in [-0.39, 0.29) is 0 Å². The van der Waals surface area contributed by atoms with E-state index in [9.17, 15) is 0 Å². The summed E-state index contributed by atoms with van der Waals surface area (Å²) in [4.78, 5) is 0. The average Bonchev–Trinajstić information content (AvgIpc) is 2.47. The quantitative estimate of drug-likeness (QED) is 0.653. The van der Waals surface area contributed by atoms with Gasteiger partial charge in [-0.05, 0) is 54.0 Å². The van der Waals surface area contributed by atoms with Gasteiger partial charge in [0.25, 0.3) is 0 Å². The standard InChI is InChI=1S/C18H16/c1-2-14-8-9-18-13-17(11-10-16(18)12-14)15-6-4-3-5-7-15/h1,3-9,12,17H,10-11,13H2. The molecule has 0 nitrogen and oxygen atoms in total. The molecule has 88 valence electrons. The Morgan fingerprint density at radius 3 is 2.61 bits per heavy atom. The summed E-state index contributed by atoms with van der Waals surface area (Å²) in [6.45, 7) is 0. The number of hydrogen-bond acceptors (Lipinski definition) is 0. The Morgan fingerprint density at radius 1 is 1.00 bits per heavy atom. The Balaban J connectivity index is 1.88. The molecule has 0 aliphatic heterocycles. The zero-order chi connectivity index (χ0) is 12.4. The first-order chi connectivity index (χ1) is 8.86. The second kappa shape index (κ2) is 4.70. The molecule has 1 unspecified atom stereocenters. The molecule has 1 aliphatic rings. The third-order valence-electron chi connectivity index (χ3n) is 3.87. The zero-order valence-corrected chi connectivity index (χ0v) is 10.4. The highest BCUT2D eigenvalue weighted by atomic mass is 14.2. The van der Waals surface area contributed by atoms with Crippen LogP contribution in [0.15, 0.2) is 48.5 Å². The van der Waals surface area contributed by atoms with Gasteiger partial charge in [0.1, 0.15) is 0 Å². The van der Waals surface area contributed by atoms with Crippen molar-refractivity contribution in [1.29, 1.82) is 0 Å². The van der Waals surface area contributed by atoms with Crippen LogP contribution >= 0.6 is 0 Å². The SMILES string of the molecule is C#Cc1ccc2c(c1)CCC(c1ccccc1)C2. The van der Waals surface area contributed by atoms with Crippen LogP contribution in [0.3, 0.4) is 0 Å². The van der Waals surface area contributed by atoms with Crippen molar-refractivity contribution in [2.24, 2.45) is 0 Å². The molecule has 0 heterocycles. The van der Waals surface area contributed by atoms with Crippen LogP contribution < -0.4 is 0 Å². The highest BCUT2D eigenvalue weighted by Gasteiger charge is 2.19. The van der Waals surface area contributed by atoms with E-state index >= 15 is 0 Å². The summed E-state index contributed by atoms with van der Waals surface area (Å²) in [6.07, 6.45) is 8.96. The van der Waals surface area contributed by atoms with Crippen LogP contribution in [0.5, 0.6) is 0 Å². The van der Waals surface area contributed by atoms with Gasteiger partial charge in [0.15, 0.2) is 0 Å². The minimum absolute atomic E-state index is 0.662. The van der Waals surface area contributed by atoms with Crippen LogP contribution in [0.1, 0.15) is 34.6 Å². The van der Waals surface area contributed by atoms with E-state index < -0.39 is 0 Å².